The number of nitrogens with zero attached hydrogens (tertiary/aromatic N) is 1. The number of phosphoric ester groups is 1. The van der Waals surface area contributed by atoms with E-state index in [2.05, 4.69) is 27.7 Å². The lowest BCUT2D eigenvalue weighted by Crippen LogP contribution is -2.58. The lowest BCUT2D eigenvalue weighted by atomic mass is 9.99. The third-order valence-electron chi connectivity index (χ3n) is 7.85. The highest BCUT2D eigenvalue weighted by Gasteiger charge is 2.37. The van der Waals surface area contributed by atoms with Gasteiger partial charge in [0.25, 0.3) is 0 Å². The van der Waals surface area contributed by atoms with E-state index in [4.69, 9.17) is 9.26 Å². The number of carbonyl (C=O) groups excluding carboxylic acids is 1. The van der Waals surface area contributed by atoms with E-state index in [0.29, 0.717) is 10.9 Å². The van der Waals surface area contributed by atoms with Crippen molar-refractivity contribution in [1.29, 1.82) is 0 Å². The van der Waals surface area contributed by atoms with Gasteiger partial charge in [0.05, 0.1) is 19.6 Å². The monoisotopic (exact) mass is 536 g/mol. The standard InChI is InChI=1S/C28H58NO6P/c1-6-10-11-12-13-14-15-16-17-18-19-20-21-22-23-28(35-26(5)30)24-27(25-34-36(31,32)33)29(7-2,8-3)9-4/h27-28H,6-25H2,1-5H3,(H-,31,32,33)/p+1. The minimum absolute atomic E-state index is 0.0453. The first kappa shape index (κ1) is 35.5. The van der Waals surface area contributed by atoms with Crippen molar-refractivity contribution in [2.24, 2.45) is 0 Å². The molecule has 0 aliphatic rings. The molecule has 7 nitrogen and oxygen atoms in total. The summed E-state index contributed by atoms with van der Waals surface area (Å²) in [5.41, 5.74) is 0. The molecule has 0 aliphatic carbocycles. The van der Waals surface area contributed by atoms with E-state index < -0.39 is 7.82 Å². The molecule has 0 saturated heterocycles. The Balaban J connectivity index is 4.45. The number of phosphoric acid groups is 1. The van der Waals surface area contributed by atoms with Gasteiger partial charge in [-0.15, -0.1) is 0 Å². The fraction of sp³-hybridized carbons (Fsp3) is 0.964. The second-order valence-corrected chi connectivity index (χ2v) is 11.7. The summed E-state index contributed by atoms with van der Waals surface area (Å²) < 4.78 is 22.7. The van der Waals surface area contributed by atoms with E-state index in [9.17, 15) is 19.1 Å². The van der Waals surface area contributed by atoms with Crippen LogP contribution >= 0.6 is 7.82 Å². The normalized spacial score (nSPS) is 14.1. The van der Waals surface area contributed by atoms with Crippen LogP contribution in [0.15, 0.2) is 0 Å². The molecule has 216 valence electrons. The van der Waals surface area contributed by atoms with Gasteiger partial charge >= 0.3 is 13.8 Å². The maximum atomic E-state index is 11.8. The number of esters is 1. The van der Waals surface area contributed by atoms with Crippen LogP contribution in [0.1, 0.15) is 137 Å². The summed E-state index contributed by atoms with van der Waals surface area (Å²) in [6, 6.07) is -0.145. The summed E-state index contributed by atoms with van der Waals surface area (Å²) in [4.78, 5) is 30.3. The van der Waals surface area contributed by atoms with E-state index in [1.54, 1.807) is 0 Å². The van der Waals surface area contributed by atoms with Crippen LogP contribution in [0.4, 0.5) is 0 Å². The highest BCUT2D eigenvalue weighted by atomic mass is 31.2. The van der Waals surface area contributed by atoms with Gasteiger partial charge in [0.2, 0.25) is 0 Å². The van der Waals surface area contributed by atoms with Gasteiger partial charge in [-0.1, -0.05) is 90.4 Å². The zero-order chi connectivity index (χ0) is 27.3. The van der Waals surface area contributed by atoms with Gasteiger partial charge in [0.1, 0.15) is 18.8 Å². The first-order valence-electron chi connectivity index (χ1n) is 14.9. The van der Waals surface area contributed by atoms with Crippen molar-refractivity contribution in [1.82, 2.24) is 0 Å². The number of ether oxygens (including phenoxy) is 1. The molecule has 0 aromatic rings. The summed E-state index contributed by atoms with van der Waals surface area (Å²) in [6.45, 7) is 12.4. The molecule has 0 aliphatic heterocycles. The molecular weight excluding hydrogens is 477 g/mol. The van der Waals surface area contributed by atoms with Gasteiger partial charge in [-0.2, -0.15) is 0 Å². The first-order valence-corrected chi connectivity index (χ1v) is 16.4. The summed E-state index contributed by atoms with van der Waals surface area (Å²) >= 11 is 0. The van der Waals surface area contributed by atoms with E-state index >= 15 is 0 Å². The number of hydrogen-bond donors (Lipinski definition) is 2. The molecule has 0 radical (unpaired) electrons. The van der Waals surface area contributed by atoms with Crippen LogP contribution < -0.4 is 0 Å². The highest BCUT2D eigenvalue weighted by molar-refractivity contribution is 7.46. The van der Waals surface area contributed by atoms with Crippen molar-refractivity contribution >= 4 is 13.8 Å². The number of likely N-dealkylation sites (N-methyl/N-ethyl adjacent to an activating group) is 1. The summed E-state index contributed by atoms with van der Waals surface area (Å²) in [7, 11) is -4.56. The maximum Gasteiger partial charge on any atom is 0.469 e. The average molecular weight is 537 g/mol. The molecule has 0 amide bonds. The molecule has 0 aromatic heterocycles. The summed E-state index contributed by atoms with van der Waals surface area (Å²) in [6.07, 6.45) is 19.3. The second-order valence-electron chi connectivity index (χ2n) is 10.5. The van der Waals surface area contributed by atoms with E-state index in [1.165, 1.54) is 84.0 Å². The number of rotatable bonds is 25. The van der Waals surface area contributed by atoms with Crippen LogP contribution in [0.2, 0.25) is 0 Å². The van der Waals surface area contributed by atoms with Crippen molar-refractivity contribution in [3.05, 3.63) is 0 Å². The predicted molar refractivity (Wildman–Crippen MR) is 149 cm³/mol. The fourth-order valence-electron chi connectivity index (χ4n) is 5.41. The summed E-state index contributed by atoms with van der Waals surface area (Å²) in [5, 5.41) is 0. The topological polar surface area (TPSA) is 93.1 Å². The Bertz CT molecular complexity index is 570. The molecule has 0 fully saturated rings. The molecule has 2 N–H and O–H groups in total. The lowest BCUT2D eigenvalue weighted by Gasteiger charge is -2.44. The molecule has 36 heavy (non-hydrogen) atoms. The minimum Gasteiger partial charge on any atom is -0.462 e. The molecule has 8 heteroatoms. The average Bonchev–Trinajstić information content (AvgIpc) is 2.82. The minimum atomic E-state index is -4.56. The quantitative estimate of drug-likeness (QED) is 0.0542. The zero-order valence-corrected chi connectivity index (χ0v) is 25.1. The third-order valence-corrected chi connectivity index (χ3v) is 8.33. The molecule has 0 rings (SSSR count). The number of hydrogen-bond acceptors (Lipinski definition) is 4. The summed E-state index contributed by atoms with van der Waals surface area (Å²) in [5.74, 6) is -0.303. The number of unbranched alkanes of at least 4 members (excludes halogenated alkanes) is 13. The van der Waals surface area contributed by atoms with Gasteiger partial charge in [-0.3, -0.25) is 9.32 Å². The highest BCUT2D eigenvalue weighted by Crippen LogP contribution is 2.37. The zero-order valence-electron chi connectivity index (χ0n) is 24.2. The lowest BCUT2D eigenvalue weighted by molar-refractivity contribution is -0.947. The van der Waals surface area contributed by atoms with Gasteiger partial charge in [0.15, 0.2) is 0 Å². The second kappa shape index (κ2) is 21.5. The van der Waals surface area contributed by atoms with Crippen LogP contribution in [0, 0.1) is 0 Å². The van der Waals surface area contributed by atoms with Gasteiger partial charge in [-0.25, -0.2) is 4.57 Å². The Kier molecular flexibility index (Phi) is 21.2. The van der Waals surface area contributed by atoms with Crippen molar-refractivity contribution < 1.29 is 32.9 Å². The Morgan fingerprint density at radius 3 is 1.53 bits per heavy atom. The van der Waals surface area contributed by atoms with Crippen molar-refractivity contribution in [3.8, 4) is 0 Å². The van der Waals surface area contributed by atoms with Crippen LogP contribution in [0.3, 0.4) is 0 Å². The SMILES string of the molecule is CCCCCCCCCCCCCCCCC(CC(COP(=O)(O)O)[N+](CC)(CC)CC)OC(C)=O. The molecule has 2 unspecified atom stereocenters. The van der Waals surface area contributed by atoms with E-state index in [1.807, 2.05) is 0 Å². The molecule has 0 spiro atoms. The largest absolute Gasteiger partial charge is 0.469 e. The van der Waals surface area contributed by atoms with Gasteiger partial charge in [-0.05, 0) is 33.6 Å². The molecule has 0 bridgehead atoms. The van der Waals surface area contributed by atoms with Gasteiger partial charge in [0, 0.05) is 13.3 Å². The molecule has 0 saturated carbocycles. The number of carbonyl (C=O) groups is 1. The Morgan fingerprint density at radius 1 is 0.750 bits per heavy atom. The first-order chi connectivity index (χ1) is 17.1. The predicted octanol–water partition coefficient (Wildman–Crippen LogP) is 7.53. The fourth-order valence-corrected chi connectivity index (χ4v) is 5.77. The third kappa shape index (κ3) is 17.9. The molecule has 2 atom stereocenters. The van der Waals surface area contributed by atoms with Crippen molar-refractivity contribution in [3.63, 3.8) is 0 Å². The van der Waals surface area contributed by atoms with Crippen LogP contribution in [0.5, 0.6) is 0 Å². The molecule has 0 aromatic carbocycles. The Labute approximate surface area is 222 Å². The van der Waals surface area contributed by atoms with E-state index in [-0.39, 0.29) is 24.7 Å². The van der Waals surface area contributed by atoms with Gasteiger partial charge < -0.3 is 19.0 Å². The van der Waals surface area contributed by atoms with Crippen LogP contribution in [-0.4, -0.2) is 58.6 Å². The van der Waals surface area contributed by atoms with Crippen LogP contribution in [0.25, 0.3) is 0 Å². The molecular formula is C28H59NO6P+. The Morgan fingerprint density at radius 2 is 1.17 bits per heavy atom. The maximum absolute atomic E-state index is 11.8. The van der Waals surface area contributed by atoms with E-state index in [0.717, 1.165) is 38.9 Å². The molecule has 0 heterocycles. The van der Waals surface area contributed by atoms with Crippen molar-refractivity contribution in [2.45, 2.75) is 149 Å². The smallest absolute Gasteiger partial charge is 0.462 e. The Hall–Kier alpha value is -0.460. The number of quaternary nitrogens is 1. The van der Waals surface area contributed by atoms with Crippen LogP contribution in [-0.2, 0) is 18.6 Å². The van der Waals surface area contributed by atoms with Crippen molar-refractivity contribution in [2.75, 3.05) is 26.2 Å².